The lowest BCUT2D eigenvalue weighted by Crippen LogP contribution is -2.51. The van der Waals surface area contributed by atoms with E-state index in [1.165, 1.54) is 12.1 Å². The maximum Gasteiger partial charge on any atom is 0.312 e. The molecule has 0 bridgehead atoms. The smallest absolute Gasteiger partial charge is 0.312 e. The molecule has 2 aromatic heterocycles. The quantitative estimate of drug-likeness (QED) is 0.798. The first-order chi connectivity index (χ1) is 12.6. The molecule has 0 aliphatic carbocycles. The molecule has 2 aromatic rings. The summed E-state index contributed by atoms with van der Waals surface area (Å²) in [5.41, 5.74) is -2.52. The van der Waals surface area contributed by atoms with E-state index in [-0.39, 0.29) is 11.6 Å². The van der Waals surface area contributed by atoms with E-state index in [0.717, 1.165) is 11.4 Å². The van der Waals surface area contributed by atoms with Crippen LogP contribution in [0.1, 0.15) is 34.1 Å². The number of alkyl halides is 4. The molecular formula is C16H16F4N4O3. The average molecular weight is 388 g/mol. The summed E-state index contributed by atoms with van der Waals surface area (Å²) in [4.78, 5) is 12.4. The topological polar surface area (TPSA) is 83.9 Å². The number of nitrogens with zero attached hydrogens (tertiary/aromatic N) is 4. The largest absolute Gasteiger partial charge is 0.454 e. The molecule has 146 valence electrons. The lowest BCUT2D eigenvalue weighted by atomic mass is 10.1. The van der Waals surface area contributed by atoms with Gasteiger partial charge in [0.1, 0.15) is 11.5 Å². The van der Waals surface area contributed by atoms with E-state index in [1.807, 2.05) is 13.0 Å². The zero-order chi connectivity index (χ0) is 19.9. The Balaban J connectivity index is 1.84. The zero-order valence-corrected chi connectivity index (χ0v) is 14.4. The molecule has 0 saturated carbocycles. The van der Waals surface area contributed by atoms with Gasteiger partial charge in [-0.3, -0.25) is 9.48 Å². The van der Waals surface area contributed by atoms with Gasteiger partial charge in [-0.15, -0.1) is 0 Å². The van der Waals surface area contributed by atoms with Crippen LogP contribution in [-0.4, -0.2) is 50.1 Å². The Labute approximate surface area is 150 Å². The number of hydrogen-bond donors (Lipinski definition) is 1. The van der Waals surface area contributed by atoms with E-state index in [0.29, 0.717) is 5.76 Å². The van der Waals surface area contributed by atoms with Gasteiger partial charge in [0.25, 0.3) is 12.9 Å². The third-order valence-corrected chi connectivity index (χ3v) is 4.11. The molecule has 11 heteroatoms. The molecular weight excluding hydrogens is 372 g/mol. The molecule has 1 atom stereocenters. The van der Waals surface area contributed by atoms with Crippen molar-refractivity contribution in [1.82, 2.24) is 14.8 Å². The molecule has 0 radical (unpaired) electrons. The number of furan rings is 1. The van der Waals surface area contributed by atoms with Gasteiger partial charge in [-0.1, -0.05) is 0 Å². The van der Waals surface area contributed by atoms with Gasteiger partial charge in [-0.2, -0.15) is 15.2 Å². The standard InChI is InChI=1S/C16H16F4N4O3/c1-8-5-9(2)23(21-8)7-10-3-4-12(27-10)14(25)24-16(26,15(19)20)6-11(22-24)13(17)18/h3-5,13,15,26H,6-7H2,1-2H3. The van der Waals surface area contributed by atoms with Gasteiger partial charge in [0.2, 0.25) is 5.72 Å². The SMILES string of the molecule is Cc1cc(C)n(Cc2ccc(C(=O)N3N=C(C(F)F)CC3(O)C(F)F)o2)n1. The van der Waals surface area contributed by atoms with Crippen LogP contribution in [0.5, 0.6) is 0 Å². The fourth-order valence-electron chi connectivity index (χ4n) is 2.77. The van der Waals surface area contributed by atoms with E-state index in [9.17, 15) is 27.5 Å². The highest BCUT2D eigenvalue weighted by molar-refractivity contribution is 5.97. The van der Waals surface area contributed by atoms with Crippen molar-refractivity contribution in [3.05, 3.63) is 41.1 Å². The van der Waals surface area contributed by atoms with Gasteiger partial charge < -0.3 is 9.52 Å². The summed E-state index contributed by atoms with van der Waals surface area (Å²) in [5, 5.41) is 17.4. The second-order valence-electron chi connectivity index (χ2n) is 6.22. The van der Waals surface area contributed by atoms with E-state index >= 15 is 0 Å². The molecule has 1 aliphatic heterocycles. The van der Waals surface area contributed by atoms with Crippen LogP contribution in [0.3, 0.4) is 0 Å². The fourth-order valence-corrected chi connectivity index (χ4v) is 2.77. The number of hydrazone groups is 1. The van der Waals surface area contributed by atoms with Crippen LogP contribution in [0, 0.1) is 13.8 Å². The molecule has 0 fully saturated rings. The number of carbonyl (C=O) groups is 1. The molecule has 1 unspecified atom stereocenters. The molecule has 7 nitrogen and oxygen atoms in total. The highest BCUT2D eigenvalue weighted by Gasteiger charge is 2.53. The molecule has 27 heavy (non-hydrogen) atoms. The first-order valence-electron chi connectivity index (χ1n) is 7.92. The molecule has 1 amide bonds. The van der Waals surface area contributed by atoms with Crippen molar-refractivity contribution < 1.29 is 31.9 Å². The van der Waals surface area contributed by atoms with E-state index in [2.05, 4.69) is 10.2 Å². The summed E-state index contributed by atoms with van der Waals surface area (Å²) in [7, 11) is 0. The Hall–Kier alpha value is -2.69. The summed E-state index contributed by atoms with van der Waals surface area (Å²) in [6.07, 6.45) is -7.82. The maximum atomic E-state index is 13.2. The minimum atomic E-state index is -3.49. The fraction of sp³-hybridized carbons (Fsp3) is 0.438. The monoisotopic (exact) mass is 388 g/mol. The van der Waals surface area contributed by atoms with E-state index < -0.39 is 42.4 Å². The average Bonchev–Trinajstić information content (AvgIpc) is 3.26. The number of hydrogen-bond acceptors (Lipinski definition) is 5. The molecule has 3 rings (SSSR count). The number of aryl methyl sites for hydroxylation is 2. The normalized spacial score (nSPS) is 20.0. The van der Waals surface area contributed by atoms with Gasteiger partial charge in [-0.25, -0.2) is 17.6 Å². The minimum absolute atomic E-state index is 0.0366. The number of amides is 1. The highest BCUT2D eigenvalue weighted by Crippen LogP contribution is 2.34. The summed E-state index contributed by atoms with van der Waals surface area (Å²) in [5.74, 6) is -1.36. The van der Waals surface area contributed by atoms with Crippen LogP contribution in [0.15, 0.2) is 27.7 Å². The van der Waals surface area contributed by atoms with Crippen molar-refractivity contribution in [2.75, 3.05) is 0 Å². The first-order valence-corrected chi connectivity index (χ1v) is 7.92. The summed E-state index contributed by atoms with van der Waals surface area (Å²) >= 11 is 0. The number of aromatic nitrogens is 2. The summed E-state index contributed by atoms with van der Waals surface area (Å²) in [6, 6.07) is 4.46. The summed E-state index contributed by atoms with van der Waals surface area (Å²) in [6.45, 7) is 3.80. The molecule has 0 saturated heterocycles. The summed E-state index contributed by atoms with van der Waals surface area (Å²) < 4.78 is 59.0. The maximum absolute atomic E-state index is 13.2. The Morgan fingerprint density at radius 3 is 2.59 bits per heavy atom. The highest BCUT2D eigenvalue weighted by atomic mass is 19.3. The molecule has 1 N–H and O–H groups in total. The van der Waals surface area contributed by atoms with Crippen molar-refractivity contribution in [3.8, 4) is 0 Å². The van der Waals surface area contributed by atoms with Gasteiger partial charge in [0.05, 0.1) is 12.2 Å². The van der Waals surface area contributed by atoms with Crippen LogP contribution in [0.25, 0.3) is 0 Å². The number of carbonyl (C=O) groups excluding carboxylic acids is 1. The molecule has 0 aromatic carbocycles. The second kappa shape index (κ2) is 6.80. The van der Waals surface area contributed by atoms with E-state index in [1.54, 1.807) is 11.6 Å². The van der Waals surface area contributed by atoms with Crippen LogP contribution in [0.4, 0.5) is 17.6 Å². The van der Waals surface area contributed by atoms with Gasteiger partial charge in [0.15, 0.2) is 5.76 Å². The second-order valence-corrected chi connectivity index (χ2v) is 6.22. The van der Waals surface area contributed by atoms with Crippen molar-refractivity contribution in [2.24, 2.45) is 5.10 Å². The lowest BCUT2D eigenvalue weighted by molar-refractivity contribution is -0.164. The van der Waals surface area contributed by atoms with Crippen molar-refractivity contribution >= 4 is 11.6 Å². The Kier molecular flexibility index (Phi) is 4.81. The number of rotatable bonds is 5. The van der Waals surface area contributed by atoms with Crippen LogP contribution >= 0.6 is 0 Å². The Bertz CT molecular complexity index is 892. The van der Waals surface area contributed by atoms with Gasteiger partial charge in [-0.05, 0) is 32.0 Å². The zero-order valence-electron chi connectivity index (χ0n) is 14.4. The van der Waals surface area contributed by atoms with Gasteiger partial charge >= 0.3 is 5.91 Å². The van der Waals surface area contributed by atoms with E-state index in [4.69, 9.17) is 4.42 Å². The van der Waals surface area contributed by atoms with Crippen LogP contribution in [-0.2, 0) is 6.54 Å². The van der Waals surface area contributed by atoms with Gasteiger partial charge in [0, 0.05) is 12.1 Å². The number of aliphatic hydroxyl groups is 1. The predicted octanol–water partition coefficient (Wildman–Crippen LogP) is 2.56. The minimum Gasteiger partial charge on any atom is -0.454 e. The molecule has 3 heterocycles. The van der Waals surface area contributed by atoms with Crippen molar-refractivity contribution in [2.45, 2.75) is 45.4 Å². The van der Waals surface area contributed by atoms with Crippen LogP contribution in [0.2, 0.25) is 0 Å². The lowest BCUT2D eigenvalue weighted by Gasteiger charge is -2.29. The Morgan fingerprint density at radius 1 is 1.33 bits per heavy atom. The van der Waals surface area contributed by atoms with Crippen molar-refractivity contribution in [3.63, 3.8) is 0 Å². The Morgan fingerprint density at radius 2 is 2.04 bits per heavy atom. The first kappa shape index (κ1) is 19.1. The van der Waals surface area contributed by atoms with Crippen molar-refractivity contribution in [1.29, 1.82) is 0 Å². The third-order valence-electron chi connectivity index (χ3n) is 4.11. The number of halogens is 4. The predicted molar refractivity (Wildman–Crippen MR) is 84.7 cm³/mol. The molecule has 0 spiro atoms. The van der Waals surface area contributed by atoms with Crippen LogP contribution < -0.4 is 0 Å². The molecule has 1 aliphatic rings. The third kappa shape index (κ3) is 3.46.